The Morgan fingerprint density at radius 1 is 1.17 bits per heavy atom. The second-order valence-electron chi connectivity index (χ2n) is 7.50. The Morgan fingerprint density at radius 2 is 1.97 bits per heavy atom. The highest BCUT2D eigenvalue weighted by Gasteiger charge is 2.23. The van der Waals surface area contributed by atoms with Crippen LogP contribution in [0.4, 0.5) is 0 Å². The number of nitrogens with zero attached hydrogens (tertiary/aromatic N) is 3. The lowest BCUT2D eigenvalue weighted by Crippen LogP contribution is -2.27. The summed E-state index contributed by atoms with van der Waals surface area (Å²) in [7, 11) is 0. The molecule has 1 N–H and O–H groups in total. The molecule has 2 aliphatic rings. The number of nitrogens with one attached hydrogen (secondary N) is 1. The summed E-state index contributed by atoms with van der Waals surface area (Å²) in [5.74, 6) is 2.30. The average Bonchev–Trinajstić information content (AvgIpc) is 3.25. The molecule has 3 aromatic rings. The maximum Gasteiger partial charge on any atom is 0.276 e. The van der Waals surface area contributed by atoms with Gasteiger partial charge in [0.2, 0.25) is 6.79 Å². The molecule has 0 spiro atoms. The predicted molar refractivity (Wildman–Crippen MR) is 107 cm³/mol. The smallest absolute Gasteiger partial charge is 0.276 e. The zero-order chi connectivity index (χ0) is 20.0. The molecule has 0 fully saturated rings. The molecule has 0 saturated carbocycles. The van der Waals surface area contributed by atoms with Gasteiger partial charge in [0.05, 0.1) is 12.3 Å². The van der Waals surface area contributed by atoms with Crippen LogP contribution >= 0.6 is 0 Å². The van der Waals surface area contributed by atoms with Crippen molar-refractivity contribution in [3.05, 3.63) is 51.1 Å². The number of aromatic amines is 1. The summed E-state index contributed by atoms with van der Waals surface area (Å²) >= 11 is 0. The van der Waals surface area contributed by atoms with Gasteiger partial charge in [0.25, 0.3) is 5.56 Å². The van der Waals surface area contributed by atoms with Gasteiger partial charge in [0.1, 0.15) is 5.75 Å². The normalized spacial score (nSPS) is 16.1. The first-order valence-electron chi connectivity index (χ1n) is 10.00. The van der Waals surface area contributed by atoms with Crippen molar-refractivity contribution >= 4 is 5.65 Å². The van der Waals surface area contributed by atoms with Crippen molar-refractivity contribution in [1.29, 1.82) is 0 Å². The van der Waals surface area contributed by atoms with E-state index in [0.717, 1.165) is 65.8 Å². The molecule has 0 atom stereocenters. The summed E-state index contributed by atoms with van der Waals surface area (Å²) < 4.78 is 18.4. The van der Waals surface area contributed by atoms with Crippen molar-refractivity contribution in [2.24, 2.45) is 0 Å². The summed E-state index contributed by atoms with van der Waals surface area (Å²) in [5.41, 5.74) is 4.42. The van der Waals surface area contributed by atoms with Crippen LogP contribution in [0, 0.1) is 6.92 Å². The number of H-pyrrole nitrogens is 1. The first kappa shape index (κ1) is 18.1. The van der Waals surface area contributed by atoms with Crippen LogP contribution in [0.25, 0.3) is 5.65 Å². The molecule has 152 valence electrons. The minimum absolute atomic E-state index is 0.0121. The van der Waals surface area contributed by atoms with Gasteiger partial charge >= 0.3 is 0 Å². The van der Waals surface area contributed by atoms with E-state index < -0.39 is 0 Å². The van der Waals surface area contributed by atoms with E-state index in [9.17, 15) is 4.79 Å². The number of aryl methyl sites for hydroxylation is 1. The Kier molecular flexibility index (Phi) is 4.43. The van der Waals surface area contributed by atoms with Gasteiger partial charge in [-0.2, -0.15) is 0 Å². The highest BCUT2D eigenvalue weighted by molar-refractivity contribution is 5.52. The van der Waals surface area contributed by atoms with Crippen LogP contribution in [0.2, 0.25) is 0 Å². The van der Waals surface area contributed by atoms with E-state index in [1.807, 2.05) is 32.0 Å². The fourth-order valence-electron chi connectivity index (χ4n) is 4.11. The van der Waals surface area contributed by atoms with E-state index in [1.54, 1.807) is 4.52 Å². The molecule has 0 radical (unpaired) electrons. The molecular formula is C21H24N4O4. The van der Waals surface area contributed by atoms with Crippen LogP contribution in [-0.4, -0.2) is 46.0 Å². The van der Waals surface area contributed by atoms with Crippen LogP contribution in [0.1, 0.15) is 29.4 Å². The number of aromatic nitrogens is 3. The maximum atomic E-state index is 12.9. The van der Waals surface area contributed by atoms with Crippen molar-refractivity contribution in [1.82, 2.24) is 19.5 Å². The molecule has 5 rings (SSSR count). The summed E-state index contributed by atoms with van der Waals surface area (Å²) in [6, 6.07) is 5.82. The molecule has 0 amide bonds. The molecule has 0 bridgehead atoms. The number of fused-ring (bicyclic) bond motifs is 3. The highest BCUT2D eigenvalue weighted by atomic mass is 16.7. The Bertz CT molecular complexity index is 1130. The van der Waals surface area contributed by atoms with Crippen LogP contribution in [0.5, 0.6) is 17.2 Å². The van der Waals surface area contributed by atoms with Gasteiger partial charge in [-0.3, -0.25) is 14.8 Å². The monoisotopic (exact) mass is 396 g/mol. The molecule has 0 aliphatic carbocycles. The minimum Gasteiger partial charge on any atom is -0.493 e. The van der Waals surface area contributed by atoms with Crippen molar-refractivity contribution < 1.29 is 14.2 Å². The fraction of sp³-hybridized carbons (Fsp3) is 0.429. The van der Waals surface area contributed by atoms with Gasteiger partial charge < -0.3 is 14.2 Å². The lowest BCUT2D eigenvalue weighted by Gasteiger charge is -2.21. The molecule has 1 aromatic carbocycles. The highest BCUT2D eigenvalue weighted by Crippen LogP contribution is 2.38. The first-order chi connectivity index (χ1) is 14.1. The van der Waals surface area contributed by atoms with Gasteiger partial charge in [-0.05, 0) is 26.3 Å². The van der Waals surface area contributed by atoms with Crippen LogP contribution in [0.3, 0.4) is 0 Å². The molecule has 2 aromatic heterocycles. The van der Waals surface area contributed by atoms with Gasteiger partial charge in [-0.1, -0.05) is 0 Å². The Hall–Kier alpha value is -3.00. The third-order valence-electron chi connectivity index (χ3n) is 5.51. The maximum absolute atomic E-state index is 12.9. The van der Waals surface area contributed by atoms with E-state index >= 15 is 0 Å². The molecule has 2 aliphatic heterocycles. The molecule has 8 heteroatoms. The third kappa shape index (κ3) is 3.23. The Labute approximate surface area is 168 Å². The van der Waals surface area contributed by atoms with Crippen molar-refractivity contribution in [2.75, 3.05) is 26.5 Å². The number of rotatable bonds is 4. The largest absolute Gasteiger partial charge is 0.493 e. The van der Waals surface area contributed by atoms with E-state index in [1.165, 1.54) is 0 Å². The second kappa shape index (κ2) is 7.11. The standard InChI is InChI=1S/C21H24N4O4/c1-3-27-17-10-19-18(28-12-29-19)9-14(17)11-24-6-4-15-16(5-7-24)22-20-8-13(2)23-25(20)21(15)26/h8-10,23H,3-7,11-12H2,1-2H3. The molecule has 4 heterocycles. The second-order valence-corrected chi connectivity index (χ2v) is 7.50. The lowest BCUT2D eigenvalue weighted by atomic mass is 10.1. The SMILES string of the molecule is CCOc1cc2c(cc1CN1CCc3nc4cc(C)[nH]n4c(=O)c3CC1)OCO2. The van der Waals surface area contributed by atoms with Crippen LogP contribution < -0.4 is 19.8 Å². The number of hydrogen-bond acceptors (Lipinski definition) is 6. The van der Waals surface area contributed by atoms with Gasteiger partial charge in [0, 0.05) is 55.0 Å². The van der Waals surface area contributed by atoms with Crippen molar-refractivity contribution in [3.8, 4) is 17.2 Å². The topological polar surface area (TPSA) is 81.1 Å². The van der Waals surface area contributed by atoms with E-state index in [2.05, 4.69) is 10.00 Å². The average molecular weight is 396 g/mol. The summed E-state index contributed by atoms with van der Waals surface area (Å²) in [6.45, 7) is 7.07. The fourth-order valence-corrected chi connectivity index (χ4v) is 4.11. The van der Waals surface area contributed by atoms with Gasteiger partial charge in [-0.25, -0.2) is 9.50 Å². The molecule has 29 heavy (non-hydrogen) atoms. The summed E-state index contributed by atoms with van der Waals surface area (Å²) in [4.78, 5) is 20.0. The van der Waals surface area contributed by atoms with E-state index in [0.29, 0.717) is 18.7 Å². The van der Waals surface area contributed by atoms with E-state index in [4.69, 9.17) is 19.2 Å². The summed E-state index contributed by atoms with van der Waals surface area (Å²) in [6.07, 6.45) is 1.43. The zero-order valence-corrected chi connectivity index (χ0v) is 16.7. The lowest BCUT2D eigenvalue weighted by molar-refractivity contribution is 0.173. The Balaban J connectivity index is 1.40. The minimum atomic E-state index is 0.0121. The van der Waals surface area contributed by atoms with Crippen molar-refractivity contribution in [2.45, 2.75) is 33.2 Å². The third-order valence-corrected chi connectivity index (χ3v) is 5.51. The predicted octanol–water partition coefficient (Wildman–Crippen LogP) is 2.06. The molecule has 8 nitrogen and oxygen atoms in total. The zero-order valence-electron chi connectivity index (χ0n) is 16.7. The molecule has 0 saturated heterocycles. The summed E-state index contributed by atoms with van der Waals surface area (Å²) in [5, 5.41) is 3.08. The Morgan fingerprint density at radius 3 is 2.79 bits per heavy atom. The van der Waals surface area contributed by atoms with Crippen molar-refractivity contribution in [3.63, 3.8) is 0 Å². The quantitative estimate of drug-likeness (QED) is 0.727. The van der Waals surface area contributed by atoms with Gasteiger partial charge in [-0.15, -0.1) is 0 Å². The van der Waals surface area contributed by atoms with Gasteiger partial charge in [0.15, 0.2) is 17.1 Å². The van der Waals surface area contributed by atoms with Crippen LogP contribution in [0.15, 0.2) is 23.0 Å². The van der Waals surface area contributed by atoms with Crippen LogP contribution in [-0.2, 0) is 19.4 Å². The first-order valence-corrected chi connectivity index (χ1v) is 10.00. The number of hydrogen-bond donors (Lipinski definition) is 1. The molecule has 0 unspecified atom stereocenters. The molecular weight excluding hydrogens is 372 g/mol. The van der Waals surface area contributed by atoms with E-state index in [-0.39, 0.29) is 12.4 Å². The number of benzene rings is 1. The number of ether oxygens (including phenoxy) is 3.